The van der Waals surface area contributed by atoms with Gasteiger partial charge in [-0.15, -0.1) is 0 Å². The predicted octanol–water partition coefficient (Wildman–Crippen LogP) is 6.76. The van der Waals surface area contributed by atoms with E-state index in [2.05, 4.69) is 74.4 Å². The van der Waals surface area contributed by atoms with E-state index >= 15 is 0 Å². The molecule has 0 amide bonds. The molecule has 0 spiro atoms. The van der Waals surface area contributed by atoms with Crippen LogP contribution in [-0.2, 0) is 6.42 Å². The Kier molecular flexibility index (Phi) is 7.98. The molecular formula is C30H49F2N3O. The molecule has 0 aromatic heterocycles. The maximum atomic E-state index is 13.7. The number of rotatable bonds is 9. The van der Waals surface area contributed by atoms with Crippen LogP contribution in [0, 0.1) is 0 Å². The summed E-state index contributed by atoms with van der Waals surface area (Å²) in [5, 5.41) is 0. The molecule has 2 fully saturated rings. The summed E-state index contributed by atoms with van der Waals surface area (Å²) in [6.45, 7) is 18.7. The Morgan fingerprint density at radius 2 is 1.50 bits per heavy atom. The zero-order chi connectivity index (χ0) is 26.2. The Morgan fingerprint density at radius 1 is 0.833 bits per heavy atom. The lowest BCUT2D eigenvalue weighted by Gasteiger charge is -2.46. The number of hydrogen-bond donors (Lipinski definition) is 0. The molecule has 1 aromatic carbocycles. The van der Waals surface area contributed by atoms with Crippen molar-refractivity contribution >= 4 is 5.69 Å². The van der Waals surface area contributed by atoms with Crippen molar-refractivity contribution in [1.29, 1.82) is 0 Å². The molecule has 2 saturated heterocycles. The van der Waals surface area contributed by atoms with E-state index in [0.29, 0.717) is 19.7 Å². The number of halogens is 2. The largest absolute Gasteiger partial charge is 0.494 e. The van der Waals surface area contributed by atoms with Gasteiger partial charge in [-0.05, 0) is 117 Å². The third-order valence-electron chi connectivity index (χ3n) is 9.16. The van der Waals surface area contributed by atoms with E-state index < -0.39 is 5.92 Å². The van der Waals surface area contributed by atoms with E-state index in [4.69, 9.17) is 4.74 Å². The first kappa shape index (κ1) is 27.6. The third-order valence-corrected chi connectivity index (χ3v) is 9.16. The minimum absolute atomic E-state index is 0.0120. The topological polar surface area (TPSA) is 19.0 Å². The Hall–Kier alpha value is -1.40. The molecule has 6 heteroatoms. The van der Waals surface area contributed by atoms with E-state index in [1.807, 2.05) is 0 Å². The number of fused-ring (bicyclic) bond motifs is 1. The molecule has 0 bridgehead atoms. The van der Waals surface area contributed by atoms with Gasteiger partial charge in [-0.3, -0.25) is 9.80 Å². The summed E-state index contributed by atoms with van der Waals surface area (Å²) in [4.78, 5) is 7.43. The summed E-state index contributed by atoms with van der Waals surface area (Å²) in [6.07, 6.45) is 6.61. The monoisotopic (exact) mass is 505 g/mol. The molecule has 1 atom stereocenters. The van der Waals surface area contributed by atoms with Gasteiger partial charge in [0, 0.05) is 54.8 Å². The molecule has 1 aromatic rings. The number of hydrogen-bond acceptors (Lipinski definition) is 4. The maximum Gasteiger partial charge on any atom is 0.250 e. The molecule has 0 saturated carbocycles. The van der Waals surface area contributed by atoms with Crippen molar-refractivity contribution in [3.63, 3.8) is 0 Å². The van der Waals surface area contributed by atoms with E-state index in [-0.39, 0.29) is 29.5 Å². The Bertz CT molecular complexity index is 881. The third kappa shape index (κ3) is 6.35. The van der Waals surface area contributed by atoms with Crippen LogP contribution < -0.4 is 9.64 Å². The number of nitrogens with zero attached hydrogens (tertiary/aromatic N) is 3. The fraction of sp³-hybridized carbons (Fsp3) is 0.800. The summed E-state index contributed by atoms with van der Waals surface area (Å²) in [7, 11) is 0. The van der Waals surface area contributed by atoms with E-state index in [1.165, 1.54) is 24.1 Å². The number of alkyl halides is 2. The van der Waals surface area contributed by atoms with E-state index in [1.54, 1.807) is 0 Å². The zero-order valence-electron chi connectivity index (χ0n) is 23.6. The summed E-state index contributed by atoms with van der Waals surface area (Å²) in [6, 6.07) is 6.60. The van der Waals surface area contributed by atoms with Crippen molar-refractivity contribution in [3.05, 3.63) is 23.8 Å². The fourth-order valence-corrected chi connectivity index (χ4v) is 6.42. The van der Waals surface area contributed by atoms with Crippen LogP contribution in [0.1, 0.15) is 92.1 Å². The fourth-order valence-electron chi connectivity index (χ4n) is 6.42. The summed E-state index contributed by atoms with van der Waals surface area (Å²) < 4.78 is 33.8. The second-order valence-corrected chi connectivity index (χ2v) is 13.3. The van der Waals surface area contributed by atoms with E-state index in [9.17, 15) is 8.78 Å². The predicted molar refractivity (Wildman–Crippen MR) is 146 cm³/mol. The van der Waals surface area contributed by atoms with Crippen molar-refractivity contribution in [2.45, 2.75) is 115 Å². The SMILES string of the molecule is CC(C)(C)N1CCc2cc(OCCC(C)(CCC(C)(C)N3CCC(F)(F)CC3)N3CCCC3)ccc21. The van der Waals surface area contributed by atoms with Crippen LogP contribution >= 0.6 is 0 Å². The van der Waals surface area contributed by atoms with E-state index in [0.717, 1.165) is 51.1 Å². The Balaban J connectivity index is 1.36. The molecule has 36 heavy (non-hydrogen) atoms. The summed E-state index contributed by atoms with van der Waals surface area (Å²) in [5.74, 6) is -1.51. The highest BCUT2D eigenvalue weighted by Gasteiger charge is 2.41. The average Bonchev–Trinajstić information content (AvgIpc) is 3.48. The normalized spacial score (nSPS) is 23.1. The van der Waals surface area contributed by atoms with Crippen LogP contribution in [0.4, 0.5) is 14.5 Å². The molecule has 3 heterocycles. The second kappa shape index (κ2) is 10.4. The first-order valence-corrected chi connectivity index (χ1v) is 14.2. The summed E-state index contributed by atoms with van der Waals surface area (Å²) >= 11 is 0. The van der Waals surface area contributed by atoms with Crippen LogP contribution in [0.25, 0.3) is 0 Å². The quantitative estimate of drug-likeness (QED) is 0.369. The van der Waals surface area contributed by atoms with Crippen LogP contribution in [0.3, 0.4) is 0 Å². The van der Waals surface area contributed by atoms with Gasteiger partial charge in [-0.25, -0.2) is 8.78 Å². The molecule has 3 aliphatic heterocycles. The molecule has 0 radical (unpaired) electrons. The van der Waals surface area contributed by atoms with Gasteiger partial charge >= 0.3 is 0 Å². The number of ether oxygens (including phenoxy) is 1. The lowest BCUT2D eigenvalue weighted by molar-refractivity contribution is -0.0768. The molecular weight excluding hydrogens is 456 g/mol. The molecule has 1 unspecified atom stereocenters. The molecule has 3 aliphatic rings. The molecule has 0 N–H and O–H groups in total. The van der Waals surface area contributed by atoms with Crippen LogP contribution in [0.5, 0.6) is 5.75 Å². The maximum absolute atomic E-state index is 13.7. The lowest BCUT2D eigenvalue weighted by Crippen LogP contribution is -2.52. The van der Waals surface area contributed by atoms with Gasteiger partial charge in [0.25, 0.3) is 5.92 Å². The molecule has 4 nitrogen and oxygen atoms in total. The van der Waals surface area contributed by atoms with Crippen molar-refractivity contribution < 1.29 is 13.5 Å². The van der Waals surface area contributed by atoms with Gasteiger partial charge in [-0.1, -0.05) is 0 Å². The number of benzene rings is 1. The van der Waals surface area contributed by atoms with Gasteiger partial charge in [0.2, 0.25) is 0 Å². The smallest absolute Gasteiger partial charge is 0.250 e. The zero-order valence-corrected chi connectivity index (χ0v) is 23.6. The molecule has 204 valence electrons. The molecule has 0 aliphatic carbocycles. The van der Waals surface area contributed by atoms with Crippen molar-refractivity contribution in [2.75, 3.05) is 44.2 Å². The molecule has 4 rings (SSSR count). The van der Waals surface area contributed by atoms with Crippen molar-refractivity contribution in [2.24, 2.45) is 0 Å². The first-order valence-electron chi connectivity index (χ1n) is 14.2. The Morgan fingerprint density at radius 3 is 2.14 bits per heavy atom. The van der Waals surface area contributed by atoms with Gasteiger partial charge < -0.3 is 9.64 Å². The van der Waals surface area contributed by atoms with Crippen LogP contribution in [-0.4, -0.2) is 71.7 Å². The van der Waals surface area contributed by atoms with Gasteiger partial charge in [-0.2, -0.15) is 0 Å². The number of likely N-dealkylation sites (tertiary alicyclic amines) is 2. The average molecular weight is 506 g/mol. The van der Waals surface area contributed by atoms with Crippen molar-refractivity contribution in [3.8, 4) is 5.75 Å². The van der Waals surface area contributed by atoms with Gasteiger partial charge in [0.1, 0.15) is 5.75 Å². The highest BCUT2D eigenvalue weighted by molar-refractivity contribution is 5.61. The first-order chi connectivity index (χ1) is 16.8. The standard InChI is InChI=1S/C30H49F2N3O/c1-27(2,3)35-19-11-24-23-25(9-10-26(24)35)36-22-16-29(6,34-17-7-8-18-34)13-12-28(4,5)33-20-14-30(31,32)15-21-33/h9-10,23H,7-8,11-22H2,1-6H3. The second-order valence-electron chi connectivity index (χ2n) is 13.3. The Labute approximate surface area is 218 Å². The minimum atomic E-state index is -2.49. The number of piperidine rings is 1. The van der Waals surface area contributed by atoms with Crippen LogP contribution in [0.15, 0.2) is 18.2 Å². The minimum Gasteiger partial charge on any atom is -0.494 e. The summed E-state index contributed by atoms with van der Waals surface area (Å²) in [5.41, 5.74) is 2.85. The van der Waals surface area contributed by atoms with Crippen LogP contribution in [0.2, 0.25) is 0 Å². The highest BCUT2D eigenvalue weighted by Crippen LogP contribution is 2.38. The van der Waals surface area contributed by atoms with Crippen molar-refractivity contribution in [1.82, 2.24) is 9.80 Å². The number of anilines is 1. The lowest BCUT2D eigenvalue weighted by atomic mass is 9.83. The van der Waals surface area contributed by atoms with Gasteiger partial charge in [0.05, 0.1) is 6.61 Å². The highest BCUT2D eigenvalue weighted by atomic mass is 19.3. The van der Waals surface area contributed by atoms with Gasteiger partial charge in [0.15, 0.2) is 0 Å².